The highest BCUT2D eigenvalue weighted by molar-refractivity contribution is 5.79. The van der Waals surface area contributed by atoms with Gasteiger partial charge in [0.25, 0.3) is 0 Å². The zero-order chi connectivity index (χ0) is 40.8. The number of ether oxygens (including phenoxy) is 5. The fourth-order valence-electron chi connectivity index (χ4n) is 7.67. The van der Waals surface area contributed by atoms with E-state index in [4.69, 9.17) is 36.5 Å². The average molecular weight is 786 g/mol. The first-order valence-electron chi connectivity index (χ1n) is 19.8. The number of carbonyl (C=O) groups is 3. The molecule has 2 saturated heterocycles. The van der Waals surface area contributed by atoms with E-state index in [0.717, 1.165) is 6.42 Å². The van der Waals surface area contributed by atoms with Crippen LogP contribution in [0, 0.1) is 54.3 Å². The van der Waals surface area contributed by atoms with E-state index in [9.17, 15) is 29.7 Å². The van der Waals surface area contributed by atoms with Crippen molar-refractivity contribution in [3.8, 4) is 30.4 Å². The number of aromatic nitrogens is 1. The fraction of sp³-hybridized carbons (Fsp3) is 0.556. The van der Waals surface area contributed by atoms with Crippen LogP contribution in [0.15, 0.2) is 48.7 Å². The number of benzene rings is 1. The largest absolute Gasteiger partial charge is 0.460 e. The highest BCUT2D eigenvalue weighted by atomic mass is 16.6. The number of pyridine rings is 1. The monoisotopic (exact) mass is 785 g/mol. The lowest BCUT2D eigenvalue weighted by atomic mass is 9.83. The Labute approximate surface area is 335 Å². The van der Waals surface area contributed by atoms with Crippen LogP contribution in [-0.4, -0.2) is 83.0 Å². The molecule has 0 amide bonds. The van der Waals surface area contributed by atoms with Crippen molar-refractivity contribution in [2.75, 3.05) is 26.4 Å². The molecule has 0 spiro atoms. The Bertz CT molecular complexity index is 1790. The van der Waals surface area contributed by atoms with Gasteiger partial charge in [-0.05, 0) is 75.7 Å². The molecule has 3 heterocycles. The second-order valence-corrected chi connectivity index (χ2v) is 15.7. The minimum absolute atomic E-state index is 0.0771. The predicted octanol–water partition coefficient (Wildman–Crippen LogP) is 4.71. The molecule has 5 rings (SSSR count). The summed E-state index contributed by atoms with van der Waals surface area (Å²) in [6.07, 6.45) is 19.6. The number of rotatable bonds is 21. The number of allylic oxidation sites excluding steroid dienone is 2. The van der Waals surface area contributed by atoms with Crippen LogP contribution in [0.5, 0.6) is 5.75 Å². The normalized spacial score (nSPS) is 22.4. The van der Waals surface area contributed by atoms with Gasteiger partial charge in [-0.2, -0.15) is 0 Å². The molecular formula is C45H55NO11. The second-order valence-electron chi connectivity index (χ2n) is 15.7. The molecule has 1 saturated carbocycles. The van der Waals surface area contributed by atoms with Crippen molar-refractivity contribution in [2.24, 2.45) is 22.7 Å². The third-order valence-electron chi connectivity index (χ3n) is 11.4. The summed E-state index contributed by atoms with van der Waals surface area (Å²) in [6, 6.07) is 10.0. The van der Waals surface area contributed by atoms with E-state index in [-0.39, 0.29) is 76.5 Å². The van der Waals surface area contributed by atoms with Crippen molar-refractivity contribution in [1.82, 2.24) is 4.98 Å². The van der Waals surface area contributed by atoms with Gasteiger partial charge in [0.05, 0.1) is 50.4 Å². The number of hydrogen-bond donors (Lipinski definition) is 3. The molecule has 0 bridgehead atoms. The van der Waals surface area contributed by atoms with E-state index in [2.05, 4.69) is 16.8 Å². The van der Waals surface area contributed by atoms with Gasteiger partial charge in [-0.3, -0.25) is 19.4 Å². The SMILES string of the molecule is C#CCC1(C(=O)OCc2cnc(C)c(OC(=O)CCC/C=C\C[C@@H]3[C@@H](CC[C@@H](O)CCc4ccccc4)[C@H](O)C[C@@H]3O)c2COC(=O)C2(CC#C)COC2)COC1. The quantitative estimate of drug-likeness (QED) is 0.0691. The second kappa shape index (κ2) is 20.7. The van der Waals surface area contributed by atoms with E-state index in [1.165, 1.54) is 11.8 Å². The third kappa shape index (κ3) is 11.3. The van der Waals surface area contributed by atoms with Gasteiger partial charge in [-0.25, -0.2) is 0 Å². The van der Waals surface area contributed by atoms with Gasteiger partial charge < -0.3 is 39.0 Å². The Morgan fingerprint density at radius 1 is 0.930 bits per heavy atom. The molecule has 1 aromatic heterocycles. The maximum Gasteiger partial charge on any atom is 0.318 e. The van der Waals surface area contributed by atoms with Crippen LogP contribution < -0.4 is 4.74 Å². The fourth-order valence-corrected chi connectivity index (χ4v) is 7.67. The molecule has 306 valence electrons. The van der Waals surface area contributed by atoms with E-state index >= 15 is 0 Å². The molecule has 57 heavy (non-hydrogen) atoms. The number of hydrogen-bond acceptors (Lipinski definition) is 12. The van der Waals surface area contributed by atoms with Gasteiger partial charge in [-0.1, -0.05) is 42.5 Å². The van der Waals surface area contributed by atoms with Crippen LogP contribution in [0.4, 0.5) is 0 Å². The lowest BCUT2D eigenvalue weighted by molar-refractivity contribution is -0.187. The molecule has 2 aromatic rings. The molecule has 1 aliphatic carbocycles. The van der Waals surface area contributed by atoms with Crippen molar-refractivity contribution in [3.05, 3.63) is 71.1 Å². The van der Waals surface area contributed by atoms with Gasteiger partial charge >= 0.3 is 17.9 Å². The summed E-state index contributed by atoms with van der Waals surface area (Å²) in [4.78, 5) is 43.8. The van der Waals surface area contributed by atoms with Crippen LogP contribution >= 0.6 is 0 Å². The smallest absolute Gasteiger partial charge is 0.318 e. The Morgan fingerprint density at radius 3 is 2.18 bits per heavy atom. The van der Waals surface area contributed by atoms with Gasteiger partial charge in [-0.15, -0.1) is 24.7 Å². The minimum atomic E-state index is -0.957. The molecule has 3 fully saturated rings. The van der Waals surface area contributed by atoms with E-state index < -0.39 is 47.0 Å². The van der Waals surface area contributed by atoms with Crippen LogP contribution in [0.2, 0.25) is 0 Å². The molecule has 2 aliphatic heterocycles. The molecule has 12 nitrogen and oxygen atoms in total. The molecule has 12 heteroatoms. The van der Waals surface area contributed by atoms with E-state index in [1.54, 1.807) is 6.92 Å². The predicted molar refractivity (Wildman–Crippen MR) is 209 cm³/mol. The molecule has 5 atom stereocenters. The Balaban J connectivity index is 1.14. The topological polar surface area (TPSA) is 171 Å². The summed E-state index contributed by atoms with van der Waals surface area (Å²) in [7, 11) is 0. The Kier molecular flexibility index (Phi) is 15.8. The number of carbonyl (C=O) groups excluding carboxylic acids is 3. The number of aliphatic hydroxyl groups excluding tert-OH is 3. The molecule has 3 aliphatic rings. The highest BCUT2D eigenvalue weighted by Crippen LogP contribution is 2.39. The number of aliphatic hydroxyl groups is 3. The summed E-state index contributed by atoms with van der Waals surface area (Å²) >= 11 is 0. The van der Waals surface area contributed by atoms with Gasteiger partial charge in [0.15, 0.2) is 5.75 Å². The lowest BCUT2D eigenvalue weighted by Gasteiger charge is -2.37. The zero-order valence-corrected chi connectivity index (χ0v) is 32.7. The van der Waals surface area contributed by atoms with Gasteiger partial charge in [0, 0.05) is 36.6 Å². The molecule has 1 aromatic carbocycles. The molecule has 3 N–H and O–H groups in total. The lowest BCUT2D eigenvalue weighted by Crippen LogP contribution is -2.49. The number of esters is 3. The zero-order valence-electron chi connectivity index (χ0n) is 32.7. The Hall–Kier alpha value is -4.56. The first kappa shape index (κ1) is 43.6. The average Bonchev–Trinajstić information content (AvgIpc) is 3.44. The number of nitrogens with zero attached hydrogens (tertiary/aromatic N) is 1. The summed E-state index contributed by atoms with van der Waals surface area (Å²) in [6.45, 7) is 1.70. The summed E-state index contributed by atoms with van der Waals surface area (Å²) in [5.41, 5.74) is 0.385. The van der Waals surface area contributed by atoms with Crippen molar-refractivity contribution in [2.45, 2.75) is 109 Å². The van der Waals surface area contributed by atoms with Crippen molar-refractivity contribution in [1.29, 1.82) is 0 Å². The highest BCUT2D eigenvalue weighted by Gasteiger charge is 2.48. The standard InChI is InChI=1S/C45H55NO11/c1-4-21-44(27-53-28-44)42(51)55-25-33-24-46-31(3)41(37(33)26-56-43(52)45(22-5-2)29-54-30-45)57-40(50)16-12-7-6-11-15-35-36(39(49)23-38(35)48)20-19-34(47)18-17-32-13-9-8-10-14-32/h1-2,6,8-11,13-14,24,34-36,38-39,47-49H,7,12,15-23,25-30H2,3H3/b11-6-/t34-,35+,36+,38-,39+/m0/s1. The summed E-state index contributed by atoms with van der Waals surface area (Å²) in [5.74, 6) is 3.30. The number of aryl methyl sites for hydroxylation is 2. The van der Waals surface area contributed by atoms with Gasteiger partial charge in [0.2, 0.25) is 0 Å². The maximum atomic E-state index is 13.2. The van der Waals surface area contributed by atoms with E-state index in [1.807, 2.05) is 42.5 Å². The molecule has 0 unspecified atom stereocenters. The molecule has 0 radical (unpaired) electrons. The number of unbranched alkanes of at least 4 members (excludes halogenated alkanes) is 1. The van der Waals surface area contributed by atoms with Crippen LogP contribution in [0.3, 0.4) is 0 Å². The molecular weight excluding hydrogens is 730 g/mol. The van der Waals surface area contributed by atoms with E-state index in [0.29, 0.717) is 61.8 Å². The van der Waals surface area contributed by atoms with Crippen LogP contribution in [0.1, 0.15) is 86.6 Å². The third-order valence-corrected chi connectivity index (χ3v) is 11.4. The maximum absolute atomic E-state index is 13.2. The van der Waals surface area contributed by atoms with Crippen molar-refractivity contribution in [3.63, 3.8) is 0 Å². The van der Waals surface area contributed by atoms with Crippen molar-refractivity contribution < 1.29 is 53.4 Å². The Morgan fingerprint density at radius 2 is 1.56 bits per heavy atom. The first-order valence-corrected chi connectivity index (χ1v) is 19.8. The summed E-state index contributed by atoms with van der Waals surface area (Å²) < 4.78 is 27.7. The summed E-state index contributed by atoms with van der Waals surface area (Å²) in [5, 5.41) is 32.0. The first-order chi connectivity index (χ1) is 27.5. The van der Waals surface area contributed by atoms with Crippen LogP contribution in [0.25, 0.3) is 0 Å². The van der Waals surface area contributed by atoms with Crippen molar-refractivity contribution >= 4 is 17.9 Å². The number of terminal acetylenes is 2. The van der Waals surface area contributed by atoms with Gasteiger partial charge in [0.1, 0.15) is 24.0 Å². The van der Waals surface area contributed by atoms with Crippen LogP contribution in [-0.2, 0) is 53.0 Å². The minimum Gasteiger partial charge on any atom is -0.460 e.